The van der Waals surface area contributed by atoms with Gasteiger partial charge in [-0.05, 0) is 25.3 Å². The first kappa shape index (κ1) is 15.5. The van der Waals surface area contributed by atoms with Gasteiger partial charge in [0, 0.05) is 12.8 Å². The first-order valence-corrected chi connectivity index (χ1v) is 7.90. The summed E-state index contributed by atoms with van der Waals surface area (Å²) in [5.41, 5.74) is -0.126. The minimum atomic E-state index is -1.59. The van der Waals surface area contributed by atoms with Gasteiger partial charge in [-0.1, -0.05) is 36.8 Å². The van der Waals surface area contributed by atoms with Gasteiger partial charge >= 0.3 is 5.97 Å². The van der Waals surface area contributed by atoms with E-state index in [1.807, 2.05) is 30.3 Å². The largest absolute Gasteiger partial charge is 0.465 e. The molecule has 0 spiro atoms. The van der Waals surface area contributed by atoms with E-state index >= 15 is 0 Å². The van der Waals surface area contributed by atoms with E-state index in [2.05, 4.69) is 0 Å². The van der Waals surface area contributed by atoms with Gasteiger partial charge in [0.05, 0.1) is 6.61 Å². The lowest BCUT2D eigenvalue weighted by Gasteiger charge is -2.51. The van der Waals surface area contributed by atoms with Crippen LogP contribution in [0.2, 0.25) is 0 Å². The van der Waals surface area contributed by atoms with Crippen LogP contribution in [0.25, 0.3) is 0 Å². The molecule has 1 aliphatic carbocycles. The molecule has 3 atom stereocenters. The predicted octanol–water partition coefficient (Wildman–Crippen LogP) is 2.89. The average Bonchev–Trinajstić information content (AvgIpc) is 2.55. The van der Waals surface area contributed by atoms with E-state index in [1.54, 1.807) is 6.92 Å². The summed E-state index contributed by atoms with van der Waals surface area (Å²) in [6.07, 6.45) is 2.58. The van der Waals surface area contributed by atoms with Crippen molar-refractivity contribution in [1.29, 1.82) is 0 Å². The Morgan fingerprint density at radius 1 is 1.32 bits per heavy atom. The minimum absolute atomic E-state index is 0.285. The molecule has 3 unspecified atom stereocenters. The van der Waals surface area contributed by atoms with Crippen LogP contribution in [-0.2, 0) is 19.3 Å². The fourth-order valence-electron chi connectivity index (χ4n) is 3.55. The molecule has 5 nitrogen and oxygen atoms in total. The van der Waals surface area contributed by atoms with E-state index in [0.29, 0.717) is 19.3 Å². The molecule has 1 N–H and O–H groups in total. The molecular formula is C17H22O5. The zero-order chi connectivity index (χ0) is 15.6. The maximum absolute atomic E-state index is 12.6. The molecule has 120 valence electrons. The number of hydrogen-bond donors (Lipinski definition) is 1. The van der Waals surface area contributed by atoms with Gasteiger partial charge in [0.25, 0.3) is 0 Å². The van der Waals surface area contributed by atoms with Crippen LogP contribution in [-0.4, -0.2) is 23.5 Å². The second-order valence-corrected chi connectivity index (χ2v) is 6.08. The van der Waals surface area contributed by atoms with Crippen molar-refractivity contribution in [3.05, 3.63) is 35.9 Å². The standard InChI is InChI=1S/C17H22O5/c1-2-20-15(18)16-10-6-7-11-17(16,19)22-21-14(12-16)13-8-4-3-5-9-13/h3-5,8-9,14,19H,2,6-7,10-12H2,1H3. The molecule has 0 bridgehead atoms. The van der Waals surface area contributed by atoms with Gasteiger partial charge in [0.15, 0.2) is 0 Å². The molecule has 1 aromatic rings. The summed E-state index contributed by atoms with van der Waals surface area (Å²) in [4.78, 5) is 23.4. The van der Waals surface area contributed by atoms with Crippen molar-refractivity contribution in [3.63, 3.8) is 0 Å². The van der Waals surface area contributed by atoms with E-state index in [0.717, 1.165) is 18.4 Å². The second-order valence-electron chi connectivity index (χ2n) is 6.08. The molecular weight excluding hydrogens is 284 g/mol. The summed E-state index contributed by atoms with van der Waals surface area (Å²) >= 11 is 0. The number of aliphatic hydroxyl groups is 1. The SMILES string of the molecule is CCOC(=O)C12CCCCC1(O)OOC(c1ccccc1)C2. The monoisotopic (exact) mass is 306 g/mol. The van der Waals surface area contributed by atoms with Crippen molar-refractivity contribution in [2.45, 2.75) is 50.9 Å². The van der Waals surface area contributed by atoms with Gasteiger partial charge in [-0.15, -0.1) is 0 Å². The Bertz CT molecular complexity index is 531. The Balaban J connectivity index is 1.93. The Morgan fingerprint density at radius 2 is 2.05 bits per heavy atom. The highest BCUT2D eigenvalue weighted by Crippen LogP contribution is 2.55. The number of carbonyl (C=O) groups excluding carboxylic acids is 1. The molecule has 1 aliphatic heterocycles. The fraction of sp³-hybridized carbons (Fsp3) is 0.588. The molecule has 2 fully saturated rings. The summed E-state index contributed by atoms with van der Waals surface area (Å²) in [5, 5.41) is 10.9. The van der Waals surface area contributed by atoms with Crippen molar-refractivity contribution in [3.8, 4) is 0 Å². The van der Waals surface area contributed by atoms with E-state index in [1.165, 1.54) is 0 Å². The summed E-state index contributed by atoms with van der Waals surface area (Å²) < 4.78 is 5.26. The summed E-state index contributed by atoms with van der Waals surface area (Å²) in [6.45, 7) is 2.05. The lowest BCUT2D eigenvalue weighted by atomic mass is 9.65. The van der Waals surface area contributed by atoms with Crippen LogP contribution < -0.4 is 0 Å². The molecule has 1 saturated carbocycles. The minimum Gasteiger partial charge on any atom is -0.465 e. The lowest BCUT2D eigenvalue weighted by molar-refractivity contribution is -0.498. The van der Waals surface area contributed by atoms with E-state index in [-0.39, 0.29) is 18.7 Å². The van der Waals surface area contributed by atoms with Gasteiger partial charge in [-0.3, -0.25) is 4.79 Å². The maximum atomic E-state index is 12.6. The summed E-state index contributed by atoms with van der Waals surface area (Å²) in [5.74, 6) is -1.98. The van der Waals surface area contributed by atoms with Crippen molar-refractivity contribution < 1.29 is 24.4 Å². The normalized spacial score (nSPS) is 34.7. The Hall–Kier alpha value is -1.43. The highest BCUT2D eigenvalue weighted by molar-refractivity contribution is 5.78. The Labute approximate surface area is 130 Å². The fourth-order valence-corrected chi connectivity index (χ4v) is 3.55. The Morgan fingerprint density at radius 3 is 2.77 bits per heavy atom. The predicted molar refractivity (Wildman–Crippen MR) is 78.5 cm³/mol. The second kappa shape index (κ2) is 5.99. The molecule has 1 saturated heterocycles. The smallest absolute Gasteiger partial charge is 0.317 e. The van der Waals surface area contributed by atoms with Crippen LogP contribution in [0.4, 0.5) is 0 Å². The number of hydrogen-bond acceptors (Lipinski definition) is 5. The molecule has 0 aromatic heterocycles. The van der Waals surface area contributed by atoms with Gasteiger partial charge in [0.2, 0.25) is 5.79 Å². The van der Waals surface area contributed by atoms with Crippen LogP contribution in [0.15, 0.2) is 30.3 Å². The first-order valence-electron chi connectivity index (χ1n) is 7.90. The van der Waals surface area contributed by atoms with Crippen LogP contribution >= 0.6 is 0 Å². The van der Waals surface area contributed by atoms with Crippen LogP contribution in [0.5, 0.6) is 0 Å². The molecule has 1 heterocycles. The highest BCUT2D eigenvalue weighted by Gasteiger charge is 2.63. The molecule has 22 heavy (non-hydrogen) atoms. The summed E-state index contributed by atoms with van der Waals surface area (Å²) in [7, 11) is 0. The number of rotatable bonds is 3. The number of benzene rings is 1. The third-order valence-corrected chi connectivity index (χ3v) is 4.79. The van der Waals surface area contributed by atoms with Gasteiger partial charge in [-0.2, -0.15) is 4.89 Å². The van der Waals surface area contributed by atoms with Crippen LogP contribution in [0, 0.1) is 5.41 Å². The molecule has 1 aromatic carbocycles. The van der Waals surface area contributed by atoms with E-state index in [4.69, 9.17) is 14.5 Å². The summed E-state index contributed by atoms with van der Waals surface area (Å²) in [6, 6.07) is 9.61. The zero-order valence-electron chi connectivity index (χ0n) is 12.8. The highest BCUT2D eigenvalue weighted by atomic mass is 17.2. The third-order valence-electron chi connectivity index (χ3n) is 4.79. The molecule has 0 amide bonds. The number of esters is 1. The van der Waals surface area contributed by atoms with E-state index < -0.39 is 11.2 Å². The van der Waals surface area contributed by atoms with Crippen LogP contribution in [0.1, 0.15) is 50.7 Å². The van der Waals surface area contributed by atoms with Gasteiger partial charge in [0.1, 0.15) is 11.5 Å². The van der Waals surface area contributed by atoms with Crippen LogP contribution in [0.3, 0.4) is 0 Å². The van der Waals surface area contributed by atoms with Gasteiger partial charge < -0.3 is 9.84 Å². The first-order chi connectivity index (χ1) is 10.6. The molecule has 0 radical (unpaired) electrons. The maximum Gasteiger partial charge on any atom is 0.317 e. The topological polar surface area (TPSA) is 65.0 Å². The van der Waals surface area contributed by atoms with Gasteiger partial charge in [-0.25, -0.2) is 4.89 Å². The number of carbonyl (C=O) groups is 1. The van der Waals surface area contributed by atoms with Crippen molar-refractivity contribution in [1.82, 2.24) is 0 Å². The third kappa shape index (κ3) is 2.43. The lowest BCUT2D eigenvalue weighted by Crippen LogP contribution is -2.60. The average molecular weight is 306 g/mol. The quantitative estimate of drug-likeness (QED) is 0.687. The van der Waals surface area contributed by atoms with Crippen molar-refractivity contribution in [2.75, 3.05) is 6.61 Å². The Kier molecular flexibility index (Phi) is 4.21. The molecule has 3 rings (SSSR count). The molecule has 2 aliphatic rings. The zero-order valence-corrected chi connectivity index (χ0v) is 12.8. The van der Waals surface area contributed by atoms with Crippen molar-refractivity contribution >= 4 is 5.97 Å². The van der Waals surface area contributed by atoms with E-state index in [9.17, 15) is 9.90 Å². The number of ether oxygens (including phenoxy) is 1. The number of fused-ring (bicyclic) bond motifs is 1. The van der Waals surface area contributed by atoms with Crippen molar-refractivity contribution in [2.24, 2.45) is 5.41 Å². The molecule has 5 heteroatoms.